The summed E-state index contributed by atoms with van der Waals surface area (Å²) < 4.78 is 11.1. The van der Waals surface area contributed by atoms with Crippen molar-refractivity contribution in [1.29, 1.82) is 0 Å². The lowest BCUT2D eigenvalue weighted by atomic mass is 9.69. The van der Waals surface area contributed by atoms with Gasteiger partial charge in [0.2, 0.25) is 0 Å². The Morgan fingerprint density at radius 2 is 1.97 bits per heavy atom. The maximum atomic E-state index is 13.6. The second-order valence-corrected chi connectivity index (χ2v) is 8.55. The molecule has 0 unspecified atom stereocenters. The van der Waals surface area contributed by atoms with Crippen LogP contribution in [-0.4, -0.2) is 31.4 Å². The van der Waals surface area contributed by atoms with Crippen molar-refractivity contribution in [2.24, 2.45) is 11.8 Å². The van der Waals surface area contributed by atoms with Crippen LogP contribution in [0, 0.1) is 11.8 Å². The molecule has 1 aliphatic carbocycles. The first-order valence-corrected chi connectivity index (χ1v) is 10.8. The van der Waals surface area contributed by atoms with Crippen molar-refractivity contribution in [3.63, 3.8) is 0 Å². The molecule has 1 aromatic carbocycles. The van der Waals surface area contributed by atoms with Gasteiger partial charge in [0, 0.05) is 27.4 Å². The number of nitrogens with one attached hydrogen (secondary N) is 1. The van der Waals surface area contributed by atoms with E-state index in [1.165, 1.54) is 7.11 Å². The summed E-state index contributed by atoms with van der Waals surface area (Å²) in [7, 11) is 1.29. The molecule has 0 aromatic heterocycles. The Balaban J connectivity index is 2.18. The lowest BCUT2D eigenvalue weighted by Gasteiger charge is -2.38. The number of rotatable bonds is 5. The molecule has 3 atom stereocenters. The van der Waals surface area contributed by atoms with E-state index in [9.17, 15) is 14.4 Å². The number of carbonyl (C=O) groups excluding carboxylic acids is 3. The van der Waals surface area contributed by atoms with Crippen molar-refractivity contribution < 1.29 is 23.9 Å². The van der Waals surface area contributed by atoms with Gasteiger partial charge in [-0.3, -0.25) is 9.59 Å². The number of ketones is 1. The number of benzene rings is 1. The number of hydrogen-bond acceptors (Lipinski definition) is 6. The predicted molar refractivity (Wildman–Crippen MR) is 115 cm³/mol. The number of esters is 2. The summed E-state index contributed by atoms with van der Waals surface area (Å²) in [6, 6.07) is 7.48. The molecule has 30 heavy (non-hydrogen) atoms. The van der Waals surface area contributed by atoms with Gasteiger partial charge in [0.25, 0.3) is 0 Å². The monoisotopic (exact) mass is 475 g/mol. The van der Waals surface area contributed by atoms with Gasteiger partial charge < -0.3 is 14.8 Å². The topological polar surface area (TPSA) is 81.7 Å². The minimum atomic E-state index is -0.896. The molecular formula is C23H26BrNO5. The van der Waals surface area contributed by atoms with Crippen LogP contribution in [0.15, 0.2) is 51.3 Å². The van der Waals surface area contributed by atoms with Crippen molar-refractivity contribution in [1.82, 2.24) is 5.32 Å². The van der Waals surface area contributed by atoms with Gasteiger partial charge in [-0.25, -0.2) is 4.79 Å². The van der Waals surface area contributed by atoms with Gasteiger partial charge in [0.15, 0.2) is 5.78 Å². The lowest BCUT2D eigenvalue weighted by molar-refractivity contribution is -0.151. The van der Waals surface area contributed by atoms with Crippen LogP contribution in [0.5, 0.6) is 0 Å². The standard InChI is InChI=1S/C23H26BrNO5/c1-5-10-30-23(28)18-13(3)25-16-11-12(2)17(22(27)29-4)21(26)20(16)19(18)14-8-6-7-9-15(14)24/h6-9,12,17,19,25H,5,10-11H2,1-4H3/t12-,17-,19-/m1/s1. The van der Waals surface area contributed by atoms with E-state index in [1.807, 2.05) is 45.0 Å². The Bertz CT molecular complexity index is 949. The van der Waals surface area contributed by atoms with Crippen molar-refractivity contribution in [3.05, 3.63) is 56.8 Å². The van der Waals surface area contributed by atoms with E-state index < -0.39 is 23.8 Å². The van der Waals surface area contributed by atoms with Crippen LogP contribution in [0.1, 0.15) is 45.1 Å². The summed E-state index contributed by atoms with van der Waals surface area (Å²) in [5.41, 5.74) is 3.01. The Hall–Kier alpha value is -2.41. The first kappa shape index (κ1) is 22.3. The van der Waals surface area contributed by atoms with Gasteiger partial charge in [-0.05, 0) is 37.3 Å². The highest BCUT2D eigenvalue weighted by molar-refractivity contribution is 9.10. The quantitative estimate of drug-likeness (QED) is 0.511. The maximum absolute atomic E-state index is 13.6. The largest absolute Gasteiger partial charge is 0.468 e. The third-order valence-electron chi connectivity index (χ3n) is 5.62. The van der Waals surface area contributed by atoms with Crippen LogP contribution in [-0.2, 0) is 23.9 Å². The van der Waals surface area contributed by atoms with E-state index >= 15 is 0 Å². The first-order valence-electron chi connectivity index (χ1n) is 10.1. The molecule has 1 aromatic rings. The minimum absolute atomic E-state index is 0.211. The zero-order chi connectivity index (χ0) is 22.0. The maximum Gasteiger partial charge on any atom is 0.336 e. The first-order chi connectivity index (χ1) is 14.3. The molecule has 0 spiro atoms. The summed E-state index contributed by atoms with van der Waals surface area (Å²) in [5.74, 6) is -3.06. The summed E-state index contributed by atoms with van der Waals surface area (Å²) >= 11 is 3.57. The van der Waals surface area contributed by atoms with Gasteiger partial charge >= 0.3 is 11.9 Å². The number of Topliss-reactive ketones (excluding diaryl/α,β-unsaturated/α-hetero) is 1. The van der Waals surface area contributed by atoms with E-state index in [-0.39, 0.29) is 11.7 Å². The molecule has 7 heteroatoms. The Labute approximate surface area is 184 Å². The SMILES string of the molecule is CCCOC(=O)C1=C(C)NC2=C(C(=O)[C@H](C(=O)OC)[C@H](C)C2)[C@@H]1c1ccccc1Br. The Kier molecular flexibility index (Phi) is 6.81. The van der Waals surface area contributed by atoms with E-state index in [1.54, 1.807) is 0 Å². The fourth-order valence-electron chi connectivity index (χ4n) is 4.24. The van der Waals surface area contributed by atoms with Crippen molar-refractivity contribution in [2.75, 3.05) is 13.7 Å². The molecule has 0 saturated carbocycles. The lowest BCUT2D eigenvalue weighted by Crippen LogP contribution is -2.43. The molecule has 1 heterocycles. The summed E-state index contributed by atoms with van der Waals surface area (Å²) in [6.07, 6.45) is 1.20. The zero-order valence-electron chi connectivity index (χ0n) is 17.6. The van der Waals surface area contributed by atoms with E-state index in [2.05, 4.69) is 21.2 Å². The minimum Gasteiger partial charge on any atom is -0.468 e. The smallest absolute Gasteiger partial charge is 0.336 e. The van der Waals surface area contributed by atoms with E-state index in [0.29, 0.717) is 36.3 Å². The van der Waals surface area contributed by atoms with Crippen LogP contribution in [0.2, 0.25) is 0 Å². The molecule has 6 nitrogen and oxygen atoms in total. The summed E-state index contributed by atoms with van der Waals surface area (Å²) in [5, 5.41) is 3.25. The van der Waals surface area contributed by atoms with E-state index in [0.717, 1.165) is 15.7 Å². The number of halogens is 1. The number of allylic oxidation sites excluding steroid dienone is 3. The highest BCUT2D eigenvalue weighted by atomic mass is 79.9. The molecule has 0 radical (unpaired) electrons. The summed E-state index contributed by atoms with van der Waals surface area (Å²) in [4.78, 5) is 39.0. The fraction of sp³-hybridized carbons (Fsp3) is 0.435. The van der Waals surface area contributed by atoms with Crippen LogP contribution >= 0.6 is 15.9 Å². The average molecular weight is 476 g/mol. The molecular weight excluding hydrogens is 450 g/mol. The van der Waals surface area contributed by atoms with Gasteiger partial charge in [-0.2, -0.15) is 0 Å². The van der Waals surface area contributed by atoms with Gasteiger partial charge in [0.05, 0.1) is 19.3 Å². The van der Waals surface area contributed by atoms with Gasteiger partial charge in [-0.15, -0.1) is 0 Å². The third-order valence-corrected chi connectivity index (χ3v) is 6.34. The molecule has 0 fully saturated rings. The zero-order valence-corrected chi connectivity index (χ0v) is 19.2. The molecule has 2 aliphatic rings. The molecule has 0 saturated heterocycles. The highest BCUT2D eigenvalue weighted by Crippen LogP contribution is 2.46. The van der Waals surface area contributed by atoms with Gasteiger partial charge in [-0.1, -0.05) is 48.0 Å². The molecule has 1 aliphatic heterocycles. The third kappa shape index (κ3) is 3.95. The summed E-state index contributed by atoms with van der Waals surface area (Å²) in [6.45, 7) is 5.90. The molecule has 3 rings (SSSR count). The number of methoxy groups -OCH3 is 1. The normalized spacial score (nSPS) is 23.6. The van der Waals surface area contributed by atoms with Crippen molar-refractivity contribution in [2.45, 2.75) is 39.5 Å². The second-order valence-electron chi connectivity index (χ2n) is 7.69. The number of dihydropyridines is 1. The van der Waals surface area contributed by atoms with Gasteiger partial charge in [0.1, 0.15) is 5.92 Å². The van der Waals surface area contributed by atoms with Crippen LogP contribution in [0.25, 0.3) is 0 Å². The number of hydrogen-bond donors (Lipinski definition) is 1. The average Bonchev–Trinajstić information content (AvgIpc) is 2.71. The molecule has 1 N–H and O–H groups in total. The van der Waals surface area contributed by atoms with Crippen LogP contribution < -0.4 is 5.32 Å². The number of ether oxygens (including phenoxy) is 2. The van der Waals surface area contributed by atoms with Crippen LogP contribution in [0.3, 0.4) is 0 Å². The molecule has 0 bridgehead atoms. The molecule has 0 amide bonds. The Morgan fingerprint density at radius 1 is 1.27 bits per heavy atom. The Morgan fingerprint density at radius 3 is 2.60 bits per heavy atom. The second kappa shape index (κ2) is 9.16. The van der Waals surface area contributed by atoms with Crippen LogP contribution in [0.4, 0.5) is 0 Å². The molecule has 160 valence electrons. The fourth-order valence-corrected chi connectivity index (χ4v) is 4.76. The predicted octanol–water partition coefficient (Wildman–Crippen LogP) is 4.02. The highest BCUT2D eigenvalue weighted by Gasteiger charge is 2.47. The van der Waals surface area contributed by atoms with E-state index in [4.69, 9.17) is 9.47 Å². The van der Waals surface area contributed by atoms with Crippen molar-refractivity contribution >= 4 is 33.7 Å². The van der Waals surface area contributed by atoms with Crippen molar-refractivity contribution in [3.8, 4) is 0 Å². The number of carbonyl (C=O) groups is 3.